The van der Waals surface area contributed by atoms with E-state index in [0.717, 1.165) is 18.3 Å². The summed E-state index contributed by atoms with van der Waals surface area (Å²) in [6, 6.07) is 14.5. The minimum atomic E-state index is 0. The Hall–Kier alpha value is -1.83. The number of hydrogen-bond donors (Lipinski definition) is 2. The van der Waals surface area contributed by atoms with Crippen molar-refractivity contribution in [1.29, 1.82) is 0 Å². The van der Waals surface area contributed by atoms with Crippen molar-refractivity contribution in [2.24, 2.45) is 4.99 Å². The van der Waals surface area contributed by atoms with Gasteiger partial charge in [-0.05, 0) is 31.5 Å². The molecule has 1 aromatic heterocycles. The molecule has 2 atom stereocenters. The smallest absolute Gasteiger partial charge is 0.191 e. The molecule has 2 unspecified atom stereocenters. The van der Waals surface area contributed by atoms with Crippen LogP contribution in [0.5, 0.6) is 5.75 Å². The van der Waals surface area contributed by atoms with Gasteiger partial charge in [0, 0.05) is 24.7 Å². The zero-order chi connectivity index (χ0) is 17.9. The fraction of sp³-hybridized carbons (Fsp3) is 0.400. The molecule has 0 aliphatic heterocycles. The Bertz CT molecular complexity index is 637. The number of aromatic nitrogens is 1. The lowest BCUT2D eigenvalue weighted by atomic mass is 9.94. The van der Waals surface area contributed by atoms with Crippen LogP contribution in [0.3, 0.4) is 0 Å². The number of aliphatic imine (C=N–C) groups is 1. The number of nitrogens with zero attached hydrogens (tertiary/aromatic N) is 2. The lowest BCUT2D eigenvalue weighted by Gasteiger charge is -2.24. The summed E-state index contributed by atoms with van der Waals surface area (Å²) in [4.78, 5) is 8.62. The van der Waals surface area contributed by atoms with Crippen molar-refractivity contribution < 1.29 is 4.74 Å². The Morgan fingerprint density at radius 2 is 1.92 bits per heavy atom. The van der Waals surface area contributed by atoms with Crippen molar-refractivity contribution in [3.63, 3.8) is 0 Å². The van der Waals surface area contributed by atoms with Gasteiger partial charge in [0.25, 0.3) is 0 Å². The van der Waals surface area contributed by atoms with Gasteiger partial charge in [0.1, 0.15) is 12.4 Å². The minimum absolute atomic E-state index is 0. The third kappa shape index (κ3) is 7.59. The third-order valence-electron chi connectivity index (χ3n) is 4.05. The minimum Gasteiger partial charge on any atom is -0.490 e. The Morgan fingerprint density at radius 1 is 1.15 bits per heavy atom. The first-order valence-electron chi connectivity index (χ1n) is 8.83. The molecule has 5 nitrogen and oxygen atoms in total. The zero-order valence-corrected chi connectivity index (χ0v) is 18.0. The zero-order valence-electron chi connectivity index (χ0n) is 15.7. The third-order valence-corrected chi connectivity index (χ3v) is 4.05. The quantitative estimate of drug-likeness (QED) is 0.268. The second-order valence-corrected chi connectivity index (χ2v) is 5.93. The average molecular weight is 468 g/mol. The Labute approximate surface area is 173 Å². The second kappa shape index (κ2) is 12.5. The molecule has 0 spiro atoms. The van der Waals surface area contributed by atoms with Crippen molar-refractivity contribution in [3.05, 3.63) is 60.4 Å². The Morgan fingerprint density at radius 3 is 2.58 bits per heavy atom. The van der Waals surface area contributed by atoms with Gasteiger partial charge in [-0.25, -0.2) is 4.99 Å². The molecule has 0 radical (unpaired) electrons. The predicted octanol–water partition coefficient (Wildman–Crippen LogP) is 3.83. The summed E-state index contributed by atoms with van der Waals surface area (Å²) in [7, 11) is 0. The van der Waals surface area contributed by atoms with E-state index in [1.807, 2.05) is 18.2 Å². The largest absolute Gasteiger partial charge is 0.490 e. The predicted molar refractivity (Wildman–Crippen MR) is 119 cm³/mol. The first-order valence-corrected chi connectivity index (χ1v) is 8.83. The lowest BCUT2D eigenvalue weighted by Crippen LogP contribution is -2.44. The molecule has 0 aliphatic carbocycles. The van der Waals surface area contributed by atoms with Crippen LogP contribution < -0.4 is 15.4 Å². The van der Waals surface area contributed by atoms with Crippen LogP contribution in [0, 0.1) is 0 Å². The summed E-state index contributed by atoms with van der Waals surface area (Å²) in [5.41, 5.74) is 1.32. The number of rotatable bonds is 8. The number of hydrogen-bond acceptors (Lipinski definition) is 3. The van der Waals surface area contributed by atoms with E-state index < -0.39 is 0 Å². The molecule has 0 amide bonds. The van der Waals surface area contributed by atoms with Gasteiger partial charge in [-0.2, -0.15) is 0 Å². The van der Waals surface area contributed by atoms with Crippen molar-refractivity contribution in [2.45, 2.75) is 32.7 Å². The van der Waals surface area contributed by atoms with Gasteiger partial charge < -0.3 is 15.4 Å². The van der Waals surface area contributed by atoms with E-state index in [0.29, 0.717) is 19.1 Å². The van der Waals surface area contributed by atoms with E-state index >= 15 is 0 Å². The summed E-state index contributed by atoms with van der Waals surface area (Å²) in [5.74, 6) is 1.96. The van der Waals surface area contributed by atoms with E-state index in [-0.39, 0.29) is 30.0 Å². The number of pyridine rings is 1. The summed E-state index contributed by atoms with van der Waals surface area (Å²) in [5, 5.41) is 6.78. The van der Waals surface area contributed by atoms with Crippen LogP contribution in [0.1, 0.15) is 32.3 Å². The molecule has 6 heteroatoms. The van der Waals surface area contributed by atoms with Crippen molar-refractivity contribution >= 4 is 29.9 Å². The van der Waals surface area contributed by atoms with Crippen LogP contribution in [0.25, 0.3) is 0 Å². The van der Waals surface area contributed by atoms with Crippen LogP contribution in [0.4, 0.5) is 0 Å². The summed E-state index contributed by atoms with van der Waals surface area (Å²) in [6.07, 6.45) is 3.43. The normalized spacial score (nSPS) is 13.3. The number of nitrogens with one attached hydrogen (secondary N) is 2. The number of guanidine groups is 1. The number of halogens is 1. The molecule has 2 rings (SSSR count). The highest BCUT2D eigenvalue weighted by molar-refractivity contribution is 14.0. The SMILES string of the molecule is CCNC(=NCCOc1cccnc1)NC(C)C(C)c1ccccc1.I. The van der Waals surface area contributed by atoms with E-state index in [9.17, 15) is 0 Å². The highest BCUT2D eigenvalue weighted by Gasteiger charge is 2.15. The van der Waals surface area contributed by atoms with Gasteiger partial charge in [0.2, 0.25) is 0 Å². The van der Waals surface area contributed by atoms with Crippen molar-refractivity contribution in [2.75, 3.05) is 19.7 Å². The van der Waals surface area contributed by atoms with E-state index in [1.165, 1.54) is 5.56 Å². The molecular formula is C20H29IN4O. The molecule has 142 valence electrons. The monoisotopic (exact) mass is 468 g/mol. The van der Waals surface area contributed by atoms with Gasteiger partial charge in [-0.3, -0.25) is 4.98 Å². The number of ether oxygens (including phenoxy) is 1. The van der Waals surface area contributed by atoms with Crippen molar-refractivity contribution in [3.8, 4) is 5.75 Å². The molecule has 0 fully saturated rings. The molecule has 2 aromatic rings. The van der Waals surface area contributed by atoms with Crippen LogP contribution in [-0.2, 0) is 0 Å². The second-order valence-electron chi connectivity index (χ2n) is 5.93. The molecular weight excluding hydrogens is 439 g/mol. The Kier molecular flexibility index (Phi) is 10.7. The van der Waals surface area contributed by atoms with Gasteiger partial charge in [0.15, 0.2) is 5.96 Å². The average Bonchev–Trinajstić information content (AvgIpc) is 2.66. The van der Waals surface area contributed by atoms with Gasteiger partial charge >= 0.3 is 0 Å². The standard InChI is InChI=1S/C20H28N4O.HI/c1-4-22-20(23-13-14-25-19-11-8-12-21-15-19)24-17(3)16(2)18-9-6-5-7-10-18;/h5-12,15-17H,4,13-14H2,1-3H3,(H2,22,23,24);1H. The Balaban J connectivity index is 0.00000338. The molecule has 0 saturated carbocycles. The molecule has 1 heterocycles. The maximum absolute atomic E-state index is 5.63. The van der Waals surface area contributed by atoms with Crippen LogP contribution in [-0.4, -0.2) is 36.7 Å². The van der Waals surface area contributed by atoms with Crippen molar-refractivity contribution in [1.82, 2.24) is 15.6 Å². The topological polar surface area (TPSA) is 58.5 Å². The first kappa shape index (κ1) is 22.2. The molecule has 2 N–H and O–H groups in total. The molecule has 0 saturated heterocycles. The van der Waals surface area contributed by atoms with E-state index in [2.05, 4.69) is 65.6 Å². The van der Waals surface area contributed by atoms with Gasteiger partial charge in [-0.1, -0.05) is 37.3 Å². The molecule has 0 aliphatic rings. The lowest BCUT2D eigenvalue weighted by molar-refractivity contribution is 0.327. The molecule has 26 heavy (non-hydrogen) atoms. The maximum Gasteiger partial charge on any atom is 0.191 e. The van der Waals surface area contributed by atoms with Crippen LogP contribution in [0.15, 0.2) is 59.9 Å². The summed E-state index contributed by atoms with van der Waals surface area (Å²) >= 11 is 0. The molecule has 0 bridgehead atoms. The fourth-order valence-electron chi connectivity index (χ4n) is 2.46. The maximum atomic E-state index is 5.63. The summed E-state index contributed by atoms with van der Waals surface area (Å²) in [6.45, 7) is 8.39. The van der Waals surface area contributed by atoms with E-state index in [1.54, 1.807) is 12.4 Å². The van der Waals surface area contributed by atoms with Gasteiger partial charge in [-0.15, -0.1) is 24.0 Å². The highest BCUT2D eigenvalue weighted by Crippen LogP contribution is 2.18. The van der Waals surface area contributed by atoms with E-state index in [4.69, 9.17) is 4.74 Å². The fourth-order valence-corrected chi connectivity index (χ4v) is 2.46. The summed E-state index contributed by atoms with van der Waals surface area (Å²) < 4.78 is 5.63. The highest BCUT2D eigenvalue weighted by atomic mass is 127. The molecule has 1 aromatic carbocycles. The van der Waals surface area contributed by atoms with Crippen LogP contribution >= 0.6 is 24.0 Å². The van der Waals surface area contributed by atoms with Gasteiger partial charge in [0.05, 0.1) is 12.7 Å². The van der Waals surface area contributed by atoms with Crippen LogP contribution in [0.2, 0.25) is 0 Å². The number of benzene rings is 1. The first-order chi connectivity index (χ1) is 12.2.